The van der Waals surface area contributed by atoms with E-state index >= 15 is 0 Å². The van der Waals surface area contributed by atoms with Crippen LogP contribution in [0.3, 0.4) is 0 Å². The Bertz CT molecular complexity index is 811. The Balaban J connectivity index is 1.59. The van der Waals surface area contributed by atoms with Gasteiger partial charge in [0.15, 0.2) is 0 Å². The van der Waals surface area contributed by atoms with E-state index in [0.29, 0.717) is 17.2 Å². The van der Waals surface area contributed by atoms with Crippen molar-refractivity contribution in [2.45, 2.75) is 31.3 Å². The average Bonchev–Trinajstić information content (AvgIpc) is 2.97. The molecule has 0 radical (unpaired) electrons. The number of nitrogens with zero attached hydrogens (tertiary/aromatic N) is 3. The molecule has 7 heteroatoms. The summed E-state index contributed by atoms with van der Waals surface area (Å²) in [6.07, 6.45) is 6.12. The number of fused-ring (bicyclic) bond motifs is 4. The molecule has 1 fully saturated rings. The third-order valence-corrected chi connectivity index (χ3v) is 5.00. The van der Waals surface area contributed by atoms with Gasteiger partial charge in [-0.25, -0.2) is 14.8 Å². The molecule has 7 nitrogen and oxygen atoms in total. The lowest BCUT2D eigenvalue weighted by Gasteiger charge is -2.35. The Morgan fingerprint density at radius 2 is 2.16 bits per heavy atom. The number of carbonyl (C=O) groups excluding carboxylic acids is 1. The third-order valence-electron chi connectivity index (χ3n) is 5.00. The van der Waals surface area contributed by atoms with Gasteiger partial charge in [-0.1, -0.05) is 0 Å². The first kappa shape index (κ1) is 15.7. The summed E-state index contributed by atoms with van der Waals surface area (Å²) in [5, 5.41) is 2.98. The molecule has 0 aliphatic carbocycles. The van der Waals surface area contributed by atoms with Crippen LogP contribution in [0.25, 0.3) is 0 Å². The van der Waals surface area contributed by atoms with Crippen LogP contribution < -0.4 is 14.8 Å². The van der Waals surface area contributed by atoms with E-state index in [1.807, 2.05) is 11.1 Å². The van der Waals surface area contributed by atoms with Crippen LogP contribution in [0.1, 0.15) is 30.1 Å². The molecule has 1 aromatic carbocycles. The highest BCUT2D eigenvalue weighted by molar-refractivity contribution is 5.92. The van der Waals surface area contributed by atoms with Gasteiger partial charge in [-0.2, -0.15) is 0 Å². The predicted molar refractivity (Wildman–Crippen MR) is 91.9 cm³/mol. The molecule has 2 aliphatic rings. The normalized spacial score (nSPS) is 20.8. The maximum Gasteiger partial charge on any atom is 0.322 e. The molecule has 2 unspecified atom stereocenters. The quantitative estimate of drug-likeness (QED) is 0.930. The van der Waals surface area contributed by atoms with Crippen molar-refractivity contribution in [1.29, 1.82) is 0 Å². The second-order valence-electron chi connectivity index (χ2n) is 6.28. The van der Waals surface area contributed by atoms with Gasteiger partial charge in [0.05, 0.1) is 31.6 Å². The number of nitrogens with one attached hydrogen (secondary N) is 1. The van der Waals surface area contributed by atoms with E-state index in [2.05, 4.69) is 15.3 Å². The molecule has 4 rings (SSSR count). The fraction of sp³-hybridized carbons (Fsp3) is 0.389. The summed E-state index contributed by atoms with van der Waals surface area (Å²) in [6.45, 7) is 0. The predicted octanol–water partition coefficient (Wildman–Crippen LogP) is 2.79. The van der Waals surface area contributed by atoms with Crippen LogP contribution in [0.2, 0.25) is 0 Å². The van der Waals surface area contributed by atoms with Gasteiger partial charge in [-0.3, -0.25) is 0 Å². The van der Waals surface area contributed by atoms with E-state index in [9.17, 15) is 4.79 Å². The SMILES string of the molecule is COc1ccc(NC(=O)N2C3CCC2c2cncnc2C3)c(OC)c1. The number of carbonyl (C=O) groups is 1. The number of urea groups is 1. The highest BCUT2D eigenvalue weighted by Crippen LogP contribution is 2.43. The van der Waals surface area contributed by atoms with Gasteiger partial charge < -0.3 is 19.7 Å². The van der Waals surface area contributed by atoms with Gasteiger partial charge >= 0.3 is 6.03 Å². The van der Waals surface area contributed by atoms with E-state index < -0.39 is 0 Å². The molecule has 0 spiro atoms. The van der Waals surface area contributed by atoms with Crippen molar-refractivity contribution in [1.82, 2.24) is 14.9 Å². The van der Waals surface area contributed by atoms with Gasteiger partial charge in [-0.05, 0) is 25.0 Å². The van der Waals surface area contributed by atoms with Crippen LogP contribution in [0, 0.1) is 0 Å². The standard InChI is InChI=1S/C18H20N4O3/c1-24-12-4-5-14(17(8-12)25-2)21-18(23)22-11-3-6-16(22)13-9-19-10-20-15(13)7-11/h4-5,8-11,16H,3,6-7H2,1-2H3,(H,21,23). The van der Waals surface area contributed by atoms with Gasteiger partial charge in [0.1, 0.15) is 17.8 Å². The zero-order valence-electron chi connectivity index (χ0n) is 14.2. The zero-order chi connectivity index (χ0) is 17.4. The van der Waals surface area contributed by atoms with Crippen molar-refractivity contribution < 1.29 is 14.3 Å². The zero-order valence-corrected chi connectivity index (χ0v) is 14.2. The van der Waals surface area contributed by atoms with Crippen molar-refractivity contribution >= 4 is 11.7 Å². The lowest BCUT2D eigenvalue weighted by atomic mass is 10.00. The summed E-state index contributed by atoms with van der Waals surface area (Å²) < 4.78 is 10.6. The minimum atomic E-state index is -0.120. The van der Waals surface area contributed by atoms with E-state index in [1.165, 1.54) is 0 Å². The summed E-state index contributed by atoms with van der Waals surface area (Å²) in [7, 11) is 3.17. The monoisotopic (exact) mass is 340 g/mol. The molecule has 2 amide bonds. The Labute approximate surface area is 146 Å². The minimum absolute atomic E-state index is 0.0409. The number of ether oxygens (including phenoxy) is 2. The largest absolute Gasteiger partial charge is 0.497 e. The molecule has 2 atom stereocenters. The van der Waals surface area contributed by atoms with Gasteiger partial charge in [0, 0.05) is 30.3 Å². The van der Waals surface area contributed by atoms with Gasteiger partial charge in [0.2, 0.25) is 0 Å². The number of rotatable bonds is 3. The third kappa shape index (κ3) is 2.65. The molecular weight excluding hydrogens is 320 g/mol. The second-order valence-corrected chi connectivity index (χ2v) is 6.28. The molecule has 25 heavy (non-hydrogen) atoms. The van der Waals surface area contributed by atoms with E-state index in [0.717, 1.165) is 30.5 Å². The van der Waals surface area contributed by atoms with E-state index in [-0.39, 0.29) is 18.1 Å². The second kappa shape index (κ2) is 6.23. The molecular formula is C18H20N4O3. The Hall–Kier alpha value is -2.83. The minimum Gasteiger partial charge on any atom is -0.497 e. The maximum atomic E-state index is 12.9. The van der Waals surface area contributed by atoms with Gasteiger partial charge in [-0.15, -0.1) is 0 Å². The van der Waals surface area contributed by atoms with Crippen LogP contribution in [0.5, 0.6) is 11.5 Å². The summed E-state index contributed by atoms with van der Waals surface area (Å²) in [5.74, 6) is 1.25. The van der Waals surface area contributed by atoms with E-state index in [4.69, 9.17) is 9.47 Å². The summed E-state index contributed by atoms with van der Waals surface area (Å²) in [4.78, 5) is 23.4. The summed E-state index contributed by atoms with van der Waals surface area (Å²) >= 11 is 0. The number of hydrogen-bond acceptors (Lipinski definition) is 5. The molecule has 2 aliphatic heterocycles. The van der Waals surface area contributed by atoms with Crippen molar-refractivity contribution in [2.75, 3.05) is 19.5 Å². The number of methoxy groups -OCH3 is 2. The van der Waals surface area contributed by atoms with Crippen LogP contribution in [-0.2, 0) is 6.42 Å². The highest BCUT2D eigenvalue weighted by Gasteiger charge is 2.43. The Kier molecular flexibility index (Phi) is 3.91. The average molecular weight is 340 g/mol. The van der Waals surface area contributed by atoms with Crippen molar-refractivity contribution in [3.63, 3.8) is 0 Å². The molecule has 2 bridgehead atoms. The number of hydrogen-bond donors (Lipinski definition) is 1. The molecule has 3 heterocycles. The molecule has 2 aromatic rings. The lowest BCUT2D eigenvalue weighted by molar-refractivity contribution is 0.178. The fourth-order valence-electron chi connectivity index (χ4n) is 3.82. The maximum absolute atomic E-state index is 12.9. The van der Waals surface area contributed by atoms with Crippen LogP contribution in [0.4, 0.5) is 10.5 Å². The molecule has 1 N–H and O–H groups in total. The summed E-state index contributed by atoms with van der Waals surface area (Å²) in [5.41, 5.74) is 2.75. The number of anilines is 1. The highest BCUT2D eigenvalue weighted by atomic mass is 16.5. The summed E-state index contributed by atoms with van der Waals surface area (Å²) in [6, 6.07) is 5.44. The molecule has 1 aromatic heterocycles. The first-order valence-electron chi connectivity index (χ1n) is 8.31. The smallest absolute Gasteiger partial charge is 0.322 e. The fourth-order valence-corrected chi connectivity index (χ4v) is 3.82. The Morgan fingerprint density at radius 3 is 2.96 bits per heavy atom. The first-order valence-corrected chi connectivity index (χ1v) is 8.31. The number of benzene rings is 1. The van der Waals surface area contributed by atoms with Crippen molar-refractivity contribution in [2.24, 2.45) is 0 Å². The van der Waals surface area contributed by atoms with Gasteiger partial charge in [0.25, 0.3) is 0 Å². The molecule has 1 saturated heterocycles. The van der Waals surface area contributed by atoms with Crippen molar-refractivity contribution in [3.05, 3.63) is 42.0 Å². The van der Waals surface area contributed by atoms with Crippen molar-refractivity contribution in [3.8, 4) is 11.5 Å². The Morgan fingerprint density at radius 1 is 1.28 bits per heavy atom. The topological polar surface area (TPSA) is 76.6 Å². The van der Waals surface area contributed by atoms with Crippen LogP contribution >= 0.6 is 0 Å². The molecule has 0 saturated carbocycles. The number of aromatic nitrogens is 2. The van der Waals surface area contributed by atoms with E-state index in [1.54, 1.807) is 38.7 Å². The van der Waals surface area contributed by atoms with Crippen LogP contribution in [-0.4, -0.2) is 41.2 Å². The first-order chi connectivity index (χ1) is 12.2. The number of amides is 2. The lowest BCUT2D eigenvalue weighted by Crippen LogP contribution is -2.44. The van der Waals surface area contributed by atoms with Crippen LogP contribution in [0.15, 0.2) is 30.7 Å². The molecule has 130 valence electrons.